The summed E-state index contributed by atoms with van der Waals surface area (Å²) < 4.78 is 9.90. The SMILES string of the molecule is Cc1nsc(NCCOc2c(C)cccc2C)n1. The molecular weight excluding hydrogens is 246 g/mol. The lowest BCUT2D eigenvalue weighted by molar-refractivity contribution is 0.328. The van der Waals surface area contributed by atoms with Crippen LogP contribution in [0.1, 0.15) is 17.0 Å². The Balaban J connectivity index is 1.82. The van der Waals surface area contributed by atoms with Crippen LogP contribution in [0.3, 0.4) is 0 Å². The minimum atomic E-state index is 0.615. The number of nitrogens with one attached hydrogen (secondary N) is 1. The Bertz CT molecular complexity index is 504. The molecule has 0 saturated heterocycles. The number of rotatable bonds is 5. The van der Waals surface area contributed by atoms with E-state index in [1.807, 2.05) is 13.0 Å². The highest BCUT2D eigenvalue weighted by Gasteiger charge is 2.03. The Morgan fingerprint density at radius 1 is 1.22 bits per heavy atom. The summed E-state index contributed by atoms with van der Waals surface area (Å²) in [5, 5.41) is 4.04. The molecule has 1 heterocycles. The molecule has 1 N–H and O–H groups in total. The Morgan fingerprint density at radius 3 is 2.56 bits per heavy atom. The molecule has 0 fully saturated rings. The highest BCUT2D eigenvalue weighted by molar-refractivity contribution is 7.09. The largest absolute Gasteiger partial charge is 0.491 e. The van der Waals surface area contributed by atoms with Crippen LogP contribution in [0, 0.1) is 20.8 Å². The van der Waals surface area contributed by atoms with Gasteiger partial charge in [-0.05, 0) is 31.9 Å². The summed E-state index contributed by atoms with van der Waals surface area (Å²) in [5.41, 5.74) is 2.34. The van der Waals surface area contributed by atoms with Gasteiger partial charge in [-0.1, -0.05) is 18.2 Å². The number of anilines is 1. The fourth-order valence-corrected chi connectivity index (χ4v) is 2.31. The smallest absolute Gasteiger partial charge is 0.202 e. The first-order chi connectivity index (χ1) is 8.66. The molecule has 0 aliphatic rings. The molecule has 1 aromatic heterocycles. The van der Waals surface area contributed by atoms with Crippen molar-refractivity contribution in [3.05, 3.63) is 35.2 Å². The Morgan fingerprint density at radius 2 is 1.94 bits per heavy atom. The number of aryl methyl sites for hydroxylation is 3. The molecule has 0 aliphatic heterocycles. The highest BCUT2D eigenvalue weighted by atomic mass is 32.1. The van der Waals surface area contributed by atoms with Gasteiger partial charge in [0.15, 0.2) is 0 Å². The molecule has 18 heavy (non-hydrogen) atoms. The second kappa shape index (κ2) is 5.82. The number of benzene rings is 1. The lowest BCUT2D eigenvalue weighted by Gasteiger charge is -2.11. The molecule has 2 aromatic rings. The van der Waals surface area contributed by atoms with Crippen molar-refractivity contribution in [2.24, 2.45) is 0 Å². The molecule has 0 aliphatic carbocycles. The lowest BCUT2D eigenvalue weighted by atomic mass is 10.1. The van der Waals surface area contributed by atoms with E-state index < -0.39 is 0 Å². The van der Waals surface area contributed by atoms with E-state index in [2.05, 4.69) is 40.7 Å². The van der Waals surface area contributed by atoms with Crippen molar-refractivity contribution in [2.45, 2.75) is 20.8 Å². The summed E-state index contributed by atoms with van der Waals surface area (Å²) in [6.07, 6.45) is 0. The summed E-state index contributed by atoms with van der Waals surface area (Å²) >= 11 is 1.37. The quantitative estimate of drug-likeness (QED) is 0.843. The molecule has 0 saturated carbocycles. The van der Waals surface area contributed by atoms with Gasteiger partial charge in [-0.25, -0.2) is 4.98 Å². The minimum Gasteiger partial charge on any atom is -0.491 e. The van der Waals surface area contributed by atoms with Gasteiger partial charge >= 0.3 is 0 Å². The van der Waals surface area contributed by atoms with Gasteiger partial charge < -0.3 is 10.1 Å². The van der Waals surface area contributed by atoms with Crippen molar-refractivity contribution < 1.29 is 4.74 Å². The number of hydrogen-bond acceptors (Lipinski definition) is 5. The van der Waals surface area contributed by atoms with Gasteiger partial charge in [-0.3, -0.25) is 0 Å². The number of ether oxygens (including phenoxy) is 1. The lowest BCUT2D eigenvalue weighted by Crippen LogP contribution is -2.12. The molecule has 0 amide bonds. The van der Waals surface area contributed by atoms with E-state index in [0.717, 1.165) is 23.3 Å². The van der Waals surface area contributed by atoms with E-state index >= 15 is 0 Å². The van der Waals surface area contributed by atoms with Crippen LogP contribution >= 0.6 is 11.5 Å². The zero-order chi connectivity index (χ0) is 13.0. The number of nitrogens with zero attached hydrogens (tertiary/aromatic N) is 2. The number of hydrogen-bond donors (Lipinski definition) is 1. The normalized spacial score (nSPS) is 10.4. The van der Waals surface area contributed by atoms with Crippen LogP contribution in [-0.2, 0) is 0 Å². The highest BCUT2D eigenvalue weighted by Crippen LogP contribution is 2.22. The van der Waals surface area contributed by atoms with Crippen molar-refractivity contribution in [3.8, 4) is 5.75 Å². The zero-order valence-corrected chi connectivity index (χ0v) is 11.7. The van der Waals surface area contributed by atoms with Gasteiger partial charge in [-0.2, -0.15) is 4.37 Å². The average molecular weight is 263 g/mol. The summed E-state index contributed by atoms with van der Waals surface area (Å²) in [7, 11) is 0. The average Bonchev–Trinajstić information content (AvgIpc) is 2.73. The zero-order valence-electron chi connectivity index (χ0n) is 10.9. The van der Waals surface area contributed by atoms with Gasteiger partial charge in [0, 0.05) is 11.5 Å². The molecule has 2 rings (SSSR count). The predicted octanol–water partition coefficient (Wildman–Crippen LogP) is 2.95. The van der Waals surface area contributed by atoms with Crippen molar-refractivity contribution in [1.29, 1.82) is 0 Å². The first-order valence-electron chi connectivity index (χ1n) is 5.90. The van der Waals surface area contributed by atoms with Gasteiger partial charge in [0.2, 0.25) is 5.13 Å². The Kier molecular flexibility index (Phi) is 4.15. The van der Waals surface area contributed by atoms with Crippen molar-refractivity contribution in [1.82, 2.24) is 9.36 Å². The predicted molar refractivity (Wildman–Crippen MR) is 74.5 cm³/mol. The van der Waals surface area contributed by atoms with E-state index in [9.17, 15) is 0 Å². The van der Waals surface area contributed by atoms with E-state index in [1.54, 1.807) is 0 Å². The van der Waals surface area contributed by atoms with E-state index in [-0.39, 0.29) is 0 Å². The topological polar surface area (TPSA) is 47.0 Å². The summed E-state index contributed by atoms with van der Waals surface area (Å²) in [6.45, 7) is 7.34. The van der Waals surface area contributed by atoms with Crippen LogP contribution < -0.4 is 10.1 Å². The molecule has 5 heteroatoms. The fraction of sp³-hybridized carbons (Fsp3) is 0.385. The standard InChI is InChI=1S/C13H17N3OS/c1-9-5-4-6-10(2)12(9)17-8-7-14-13-15-11(3)16-18-13/h4-6H,7-8H2,1-3H3,(H,14,15,16). The van der Waals surface area contributed by atoms with Crippen LogP contribution in [-0.4, -0.2) is 22.5 Å². The van der Waals surface area contributed by atoms with Crippen molar-refractivity contribution in [3.63, 3.8) is 0 Å². The third kappa shape index (κ3) is 3.20. The van der Waals surface area contributed by atoms with Crippen LogP contribution in [0.15, 0.2) is 18.2 Å². The summed E-state index contributed by atoms with van der Waals surface area (Å²) in [5.74, 6) is 1.78. The van der Waals surface area contributed by atoms with Crippen LogP contribution in [0.4, 0.5) is 5.13 Å². The van der Waals surface area contributed by atoms with Gasteiger partial charge in [0.25, 0.3) is 0 Å². The Labute approximate surface area is 111 Å². The van der Waals surface area contributed by atoms with Crippen molar-refractivity contribution in [2.75, 3.05) is 18.5 Å². The fourth-order valence-electron chi connectivity index (χ4n) is 1.71. The monoisotopic (exact) mass is 263 g/mol. The number of para-hydroxylation sites is 1. The van der Waals surface area contributed by atoms with Gasteiger partial charge in [0.05, 0.1) is 6.54 Å². The van der Waals surface area contributed by atoms with Gasteiger partial charge in [0.1, 0.15) is 18.2 Å². The van der Waals surface area contributed by atoms with E-state index in [4.69, 9.17) is 4.74 Å². The maximum atomic E-state index is 5.79. The second-order valence-electron chi connectivity index (χ2n) is 4.14. The van der Waals surface area contributed by atoms with Gasteiger partial charge in [-0.15, -0.1) is 0 Å². The van der Waals surface area contributed by atoms with Crippen LogP contribution in [0.5, 0.6) is 5.75 Å². The molecule has 0 unspecified atom stereocenters. The second-order valence-corrected chi connectivity index (χ2v) is 4.89. The van der Waals surface area contributed by atoms with E-state index in [1.165, 1.54) is 22.7 Å². The van der Waals surface area contributed by atoms with Crippen molar-refractivity contribution >= 4 is 16.7 Å². The molecule has 0 atom stereocenters. The summed E-state index contributed by atoms with van der Waals surface area (Å²) in [6, 6.07) is 6.16. The van der Waals surface area contributed by atoms with Crippen LogP contribution in [0.2, 0.25) is 0 Å². The molecule has 0 spiro atoms. The first-order valence-corrected chi connectivity index (χ1v) is 6.67. The van der Waals surface area contributed by atoms with Crippen LogP contribution in [0.25, 0.3) is 0 Å². The molecule has 0 radical (unpaired) electrons. The minimum absolute atomic E-state index is 0.615. The maximum Gasteiger partial charge on any atom is 0.202 e. The van der Waals surface area contributed by atoms with E-state index in [0.29, 0.717) is 6.61 Å². The Hall–Kier alpha value is -1.62. The molecule has 0 bridgehead atoms. The third-order valence-electron chi connectivity index (χ3n) is 2.56. The third-order valence-corrected chi connectivity index (χ3v) is 3.33. The molecule has 4 nitrogen and oxygen atoms in total. The summed E-state index contributed by atoms with van der Waals surface area (Å²) in [4.78, 5) is 4.23. The molecular formula is C13H17N3OS. The molecule has 1 aromatic carbocycles. The number of aromatic nitrogens is 2. The first kappa shape index (κ1) is 12.8. The maximum absolute atomic E-state index is 5.79. The molecule has 96 valence electrons.